The number of thioether (sulfide) groups is 1. The number of ether oxygens (including phenoxy) is 1. The predicted molar refractivity (Wildman–Crippen MR) is 83.6 cm³/mol. The normalized spacial score (nSPS) is 10.6. The Morgan fingerprint density at radius 2 is 2.09 bits per heavy atom. The molecule has 0 N–H and O–H groups in total. The van der Waals surface area contributed by atoms with Crippen LogP contribution in [-0.2, 0) is 12.4 Å². The van der Waals surface area contributed by atoms with Gasteiger partial charge in [0.15, 0.2) is 6.61 Å². The molecule has 0 unspecified atom stereocenters. The molecule has 0 aliphatic heterocycles. The lowest BCUT2D eigenvalue weighted by Gasteiger charge is -2.03. The highest BCUT2D eigenvalue weighted by Gasteiger charge is 2.08. The zero-order valence-electron chi connectivity index (χ0n) is 12.1. The van der Waals surface area contributed by atoms with E-state index in [1.807, 2.05) is 49.4 Å². The summed E-state index contributed by atoms with van der Waals surface area (Å²) in [6, 6.07) is 13.6. The second-order valence-corrected chi connectivity index (χ2v) is 5.60. The third kappa shape index (κ3) is 4.08. The number of hydrogen-bond donors (Lipinski definition) is 0. The van der Waals surface area contributed by atoms with Gasteiger partial charge in [-0.05, 0) is 36.8 Å². The van der Waals surface area contributed by atoms with Crippen LogP contribution in [0, 0.1) is 6.92 Å². The molecule has 1 aromatic carbocycles. The number of benzene rings is 1. The van der Waals surface area contributed by atoms with Crippen LogP contribution in [0.25, 0.3) is 0 Å². The van der Waals surface area contributed by atoms with Crippen molar-refractivity contribution in [3.8, 4) is 5.75 Å². The van der Waals surface area contributed by atoms with Crippen molar-refractivity contribution in [1.29, 1.82) is 0 Å². The maximum Gasteiger partial charge on any atom is 0.277 e. The van der Waals surface area contributed by atoms with Gasteiger partial charge in [0.1, 0.15) is 5.75 Å². The molecule has 0 atom stereocenters. The molecule has 0 bridgehead atoms. The number of nitrogens with zero attached hydrogens (tertiary/aromatic N) is 3. The number of rotatable bonds is 6. The van der Waals surface area contributed by atoms with Gasteiger partial charge in [-0.1, -0.05) is 30.0 Å². The van der Waals surface area contributed by atoms with Crippen LogP contribution >= 0.6 is 11.8 Å². The Morgan fingerprint density at radius 1 is 1.14 bits per heavy atom. The second-order valence-electron chi connectivity index (χ2n) is 4.68. The summed E-state index contributed by atoms with van der Waals surface area (Å²) in [7, 11) is 0. The van der Waals surface area contributed by atoms with Crippen LogP contribution in [0.1, 0.15) is 17.1 Å². The van der Waals surface area contributed by atoms with Crippen LogP contribution in [0.5, 0.6) is 5.75 Å². The van der Waals surface area contributed by atoms with Crippen LogP contribution in [0.2, 0.25) is 0 Å². The summed E-state index contributed by atoms with van der Waals surface area (Å²) in [5.74, 6) is 1.95. The van der Waals surface area contributed by atoms with Crippen LogP contribution in [0.15, 0.2) is 58.3 Å². The van der Waals surface area contributed by atoms with Crippen molar-refractivity contribution < 1.29 is 9.15 Å². The van der Waals surface area contributed by atoms with E-state index in [-0.39, 0.29) is 6.61 Å². The molecule has 2 aromatic heterocycles. The molecule has 0 fully saturated rings. The molecule has 5 nitrogen and oxygen atoms in total. The Kier molecular flexibility index (Phi) is 4.70. The van der Waals surface area contributed by atoms with Gasteiger partial charge < -0.3 is 9.15 Å². The molecule has 0 aliphatic rings. The van der Waals surface area contributed by atoms with E-state index >= 15 is 0 Å². The molecule has 3 aromatic rings. The summed E-state index contributed by atoms with van der Waals surface area (Å²) in [4.78, 5) is 4.25. The van der Waals surface area contributed by atoms with E-state index in [1.54, 1.807) is 6.20 Å². The van der Waals surface area contributed by atoms with Gasteiger partial charge in [0.05, 0.1) is 5.69 Å². The van der Waals surface area contributed by atoms with E-state index in [4.69, 9.17) is 9.15 Å². The summed E-state index contributed by atoms with van der Waals surface area (Å²) in [5, 5.41) is 8.50. The van der Waals surface area contributed by atoms with Gasteiger partial charge in [-0.25, -0.2) is 0 Å². The van der Waals surface area contributed by atoms with Gasteiger partial charge in [0.25, 0.3) is 11.1 Å². The van der Waals surface area contributed by atoms with E-state index in [9.17, 15) is 0 Å². The minimum Gasteiger partial charge on any atom is -0.484 e. The van der Waals surface area contributed by atoms with E-state index in [1.165, 1.54) is 11.8 Å². The summed E-state index contributed by atoms with van der Waals surface area (Å²) in [6.45, 7) is 2.28. The van der Waals surface area contributed by atoms with Crippen molar-refractivity contribution >= 4 is 11.8 Å². The molecule has 0 saturated carbocycles. The van der Waals surface area contributed by atoms with E-state index < -0.39 is 0 Å². The molecule has 0 radical (unpaired) electrons. The maximum absolute atomic E-state index is 5.63. The Morgan fingerprint density at radius 3 is 2.91 bits per heavy atom. The minimum absolute atomic E-state index is 0.264. The summed E-state index contributed by atoms with van der Waals surface area (Å²) in [5.41, 5.74) is 2.12. The fourth-order valence-corrected chi connectivity index (χ4v) is 2.52. The van der Waals surface area contributed by atoms with Crippen molar-refractivity contribution in [3.05, 3.63) is 65.8 Å². The monoisotopic (exact) mass is 313 g/mol. The lowest BCUT2D eigenvalue weighted by molar-refractivity contribution is 0.252. The number of pyridine rings is 1. The minimum atomic E-state index is 0.264. The Bertz CT molecular complexity index is 731. The van der Waals surface area contributed by atoms with Crippen molar-refractivity contribution in [2.24, 2.45) is 0 Å². The van der Waals surface area contributed by atoms with E-state index in [0.29, 0.717) is 16.9 Å². The van der Waals surface area contributed by atoms with Crippen molar-refractivity contribution in [2.75, 3.05) is 0 Å². The number of aryl methyl sites for hydroxylation is 1. The first-order chi connectivity index (χ1) is 10.8. The summed E-state index contributed by atoms with van der Waals surface area (Å²) < 4.78 is 11.2. The standard InChI is InChI=1S/C16H15N3O2S/c1-12-5-4-7-14(9-12)20-10-15-18-19-16(21-15)22-11-13-6-2-3-8-17-13/h2-9H,10-11H2,1H3. The van der Waals surface area contributed by atoms with Crippen LogP contribution in [0.3, 0.4) is 0 Å². The largest absolute Gasteiger partial charge is 0.484 e. The summed E-state index contributed by atoms with van der Waals surface area (Å²) >= 11 is 1.46. The number of aromatic nitrogens is 3. The Labute approximate surface area is 132 Å². The smallest absolute Gasteiger partial charge is 0.277 e. The van der Waals surface area contributed by atoms with Crippen molar-refractivity contribution in [3.63, 3.8) is 0 Å². The zero-order valence-corrected chi connectivity index (χ0v) is 12.9. The average Bonchev–Trinajstić information content (AvgIpc) is 3.00. The Balaban J connectivity index is 1.53. The summed E-state index contributed by atoms with van der Waals surface area (Å²) in [6.07, 6.45) is 1.77. The third-order valence-electron chi connectivity index (χ3n) is 2.87. The third-order valence-corrected chi connectivity index (χ3v) is 3.72. The highest BCUT2D eigenvalue weighted by atomic mass is 32.2. The lowest BCUT2D eigenvalue weighted by atomic mass is 10.2. The predicted octanol–water partition coefficient (Wildman–Crippen LogP) is 3.64. The molecular weight excluding hydrogens is 298 g/mol. The molecule has 0 saturated heterocycles. The second kappa shape index (κ2) is 7.09. The van der Waals surface area contributed by atoms with Gasteiger partial charge in [-0.3, -0.25) is 4.98 Å². The molecule has 0 aliphatic carbocycles. The first kappa shape index (κ1) is 14.6. The Hall–Kier alpha value is -2.34. The highest BCUT2D eigenvalue weighted by Crippen LogP contribution is 2.21. The van der Waals surface area contributed by atoms with Gasteiger partial charge in [-0.2, -0.15) is 0 Å². The van der Waals surface area contributed by atoms with Crippen LogP contribution in [0.4, 0.5) is 0 Å². The van der Waals surface area contributed by atoms with E-state index in [0.717, 1.165) is 17.0 Å². The SMILES string of the molecule is Cc1cccc(OCc2nnc(SCc3ccccn3)o2)c1. The molecule has 112 valence electrons. The van der Waals surface area contributed by atoms with Crippen molar-refractivity contribution in [2.45, 2.75) is 24.5 Å². The molecular formula is C16H15N3O2S. The quantitative estimate of drug-likeness (QED) is 0.647. The van der Waals surface area contributed by atoms with Crippen molar-refractivity contribution in [1.82, 2.24) is 15.2 Å². The topological polar surface area (TPSA) is 61.0 Å². The lowest BCUT2D eigenvalue weighted by Crippen LogP contribution is -1.95. The first-order valence-electron chi connectivity index (χ1n) is 6.84. The molecule has 2 heterocycles. The molecule has 3 rings (SSSR count). The molecule has 0 amide bonds. The molecule has 0 spiro atoms. The zero-order chi connectivity index (χ0) is 15.2. The van der Waals surface area contributed by atoms with E-state index in [2.05, 4.69) is 15.2 Å². The number of hydrogen-bond acceptors (Lipinski definition) is 6. The van der Waals surface area contributed by atoms with Gasteiger partial charge >= 0.3 is 0 Å². The highest BCUT2D eigenvalue weighted by molar-refractivity contribution is 7.98. The van der Waals surface area contributed by atoms with Gasteiger partial charge in [-0.15, -0.1) is 10.2 Å². The van der Waals surface area contributed by atoms with Crippen LogP contribution < -0.4 is 4.74 Å². The van der Waals surface area contributed by atoms with Gasteiger partial charge in [0.2, 0.25) is 0 Å². The molecule has 22 heavy (non-hydrogen) atoms. The average molecular weight is 313 g/mol. The maximum atomic E-state index is 5.63. The fourth-order valence-electron chi connectivity index (χ4n) is 1.82. The molecule has 6 heteroatoms. The first-order valence-corrected chi connectivity index (χ1v) is 7.83. The van der Waals surface area contributed by atoms with Gasteiger partial charge in [0, 0.05) is 11.9 Å². The fraction of sp³-hybridized carbons (Fsp3) is 0.188. The van der Waals surface area contributed by atoms with Crippen LogP contribution in [-0.4, -0.2) is 15.2 Å².